The quantitative estimate of drug-likeness (QED) is 0.257. The van der Waals surface area contributed by atoms with Gasteiger partial charge in [-0.2, -0.15) is 0 Å². The van der Waals surface area contributed by atoms with E-state index in [1.165, 1.54) is 37.2 Å². The molecule has 0 spiro atoms. The first-order chi connectivity index (χ1) is 16.3. The van der Waals surface area contributed by atoms with Crippen LogP contribution in [0.3, 0.4) is 0 Å². The monoisotopic (exact) mass is 461 g/mol. The zero-order valence-corrected chi connectivity index (χ0v) is 21.0. The van der Waals surface area contributed by atoms with Crippen molar-refractivity contribution in [2.75, 3.05) is 0 Å². The SMILES string of the molecule is Cc1cc(C(C)(C)C)cc(C)c1-c1cc2cc(-c3cccc4c3oc3ccccc34)ncc2s1. The van der Waals surface area contributed by atoms with Gasteiger partial charge in [0.25, 0.3) is 0 Å². The average Bonchev–Trinajstić information content (AvgIpc) is 3.38. The first-order valence-electron chi connectivity index (χ1n) is 11.7. The van der Waals surface area contributed by atoms with Gasteiger partial charge in [0.2, 0.25) is 0 Å². The largest absolute Gasteiger partial charge is 0.455 e. The summed E-state index contributed by atoms with van der Waals surface area (Å²) in [5.74, 6) is 0. The van der Waals surface area contributed by atoms with Gasteiger partial charge < -0.3 is 4.42 Å². The number of nitrogens with zero attached hydrogens (tertiary/aromatic N) is 1. The maximum absolute atomic E-state index is 6.26. The van der Waals surface area contributed by atoms with E-state index in [4.69, 9.17) is 9.40 Å². The van der Waals surface area contributed by atoms with Crippen molar-refractivity contribution in [1.82, 2.24) is 4.98 Å². The zero-order chi connectivity index (χ0) is 23.6. The highest BCUT2D eigenvalue weighted by Gasteiger charge is 2.19. The second-order valence-electron chi connectivity index (χ2n) is 10.2. The minimum atomic E-state index is 0.144. The van der Waals surface area contributed by atoms with Gasteiger partial charge in [-0.05, 0) is 71.2 Å². The molecule has 0 amide bonds. The Morgan fingerprint density at radius 1 is 0.824 bits per heavy atom. The number of aryl methyl sites for hydroxylation is 2. The van der Waals surface area contributed by atoms with Gasteiger partial charge in [0.05, 0.1) is 10.4 Å². The minimum absolute atomic E-state index is 0.144. The number of aromatic nitrogens is 1. The second-order valence-corrected chi connectivity index (χ2v) is 11.3. The normalized spacial score (nSPS) is 12.3. The van der Waals surface area contributed by atoms with Crippen LogP contribution in [0, 0.1) is 13.8 Å². The van der Waals surface area contributed by atoms with Crippen molar-refractivity contribution in [3.63, 3.8) is 0 Å². The Labute approximate surface area is 203 Å². The number of benzene rings is 3. The van der Waals surface area contributed by atoms with E-state index in [9.17, 15) is 0 Å². The van der Waals surface area contributed by atoms with Gasteiger partial charge in [0.1, 0.15) is 11.2 Å². The Balaban J connectivity index is 1.48. The Morgan fingerprint density at radius 2 is 1.56 bits per heavy atom. The van der Waals surface area contributed by atoms with E-state index in [1.54, 1.807) is 0 Å². The van der Waals surface area contributed by atoms with Crippen LogP contribution in [-0.4, -0.2) is 4.98 Å². The van der Waals surface area contributed by atoms with Crippen LogP contribution < -0.4 is 0 Å². The number of para-hydroxylation sites is 2. The maximum Gasteiger partial charge on any atom is 0.144 e. The Hall–Kier alpha value is -3.43. The van der Waals surface area contributed by atoms with E-state index in [-0.39, 0.29) is 5.41 Å². The number of fused-ring (bicyclic) bond motifs is 4. The molecule has 0 N–H and O–H groups in total. The summed E-state index contributed by atoms with van der Waals surface area (Å²) in [6.07, 6.45) is 2.01. The molecule has 3 heteroatoms. The van der Waals surface area contributed by atoms with E-state index in [0.29, 0.717) is 0 Å². The minimum Gasteiger partial charge on any atom is -0.455 e. The average molecular weight is 462 g/mol. The van der Waals surface area contributed by atoms with Gasteiger partial charge in [0.15, 0.2) is 0 Å². The summed E-state index contributed by atoms with van der Waals surface area (Å²) in [4.78, 5) is 6.14. The Kier molecular flexibility index (Phi) is 4.69. The van der Waals surface area contributed by atoms with Crippen molar-refractivity contribution in [2.24, 2.45) is 0 Å². The lowest BCUT2D eigenvalue weighted by Crippen LogP contribution is -2.11. The zero-order valence-electron chi connectivity index (χ0n) is 20.2. The summed E-state index contributed by atoms with van der Waals surface area (Å²) < 4.78 is 7.46. The van der Waals surface area contributed by atoms with Crippen LogP contribution in [0.25, 0.3) is 53.7 Å². The Morgan fingerprint density at radius 3 is 2.32 bits per heavy atom. The van der Waals surface area contributed by atoms with Gasteiger partial charge >= 0.3 is 0 Å². The highest BCUT2D eigenvalue weighted by atomic mass is 32.1. The van der Waals surface area contributed by atoms with Gasteiger partial charge in [-0.25, -0.2) is 0 Å². The standard InChI is InChI=1S/C31H27NOS/c1-18-13-21(31(3,4)5)14-19(2)29(18)27-16-20-15-25(32-17-28(20)34-27)24-11-8-10-23-22-9-6-7-12-26(22)33-30(23)24/h6-17H,1-5H3. The summed E-state index contributed by atoms with van der Waals surface area (Å²) >= 11 is 1.82. The van der Waals surface area contributed by atoms with E-state index in [0.717, 1.165) is 33.2 Å². The third-order valence-corrected chi connectivity index (χ3v) is 7.83. The van der Waals surface area contributed by atoms with Crippen LogP contribution in [0.5, 0.6) is 0 Å². The smallest absolute Gasteiger partial charge is 0.144 e. The highest BCUT2D eigenvalue weighted by molar-refractivity contribution is 7.22. The van der Waals surface area contributed by atoms with Crippen molar-refractivity contribution in [3.8, 4) is 21.7 Å². The molecular weight excluding hydrogens is 434 g/mol. The molecule has 3 heterocycles. The molecule has 168 valence electrons. The number of hydrogen-bond donors (Lipinski definition) is 0. The molecule has 0 aliphatic carbocycles. The molecule has 0 unspecified atom stereocenters. The summed E-state index contributed by atoms with van der Waals surface area (Å²) in [5, 5.41) is 3.49. The van der Waals surface area contributed by atoms with Gasteiger partial charge in [-0.1, -0.05) is 63.2 Å². The molecule has 0 aliphatic heterocycles. The molecule has 0 saturated heterocycles. The number of pyridine rings is 1. The molecule has 6 aromatic rings. The summed E-state index contributed by atoms with van der Waals surface area (Å²) in [6, 6.07) is 23.7. The molecular formula is C31H27NOS. The van der Waals surface area contributed by atoms with Crippen molar-refractivity contribution in [2.45, 2.75) is 40.0 Å². The summed E-state index contributed by atoms with van der Waals surface area (Å²) in [7, 11) is 0. The topological polar surface area (TPSA) is 26.0 Å². The molecule has 0 aliphatic rings. The van der Waals surface area contributed by atoms with Gasteiger partial charge in [-0.15, -0.1) is 11.3 Å². The summed E-state index contributed by atoms with van der Waals surface area (Å²) in [6.45, 7) is 11.3. The predicted molar refractivity (Wildman–Crippen MR) is 146 cm³/mol. The van der Waals surface area contributed by atoms with Crippen molar-refractivity contribution < 1.29 is 4.42 Å². The first-order valence-corrected chi connectivity index (χ1v) is 12.5. The lowest BCUT2D eigenvalue weighted by molar-refractivity contribution is 0.589. The van der Waals surface area contributed by atoms with Crippen LogP contribution in [0.2, 0.25) is 0 Å². The highest BCUT2D eigenvalue weighted by Crippen LogP contribution is 2.41. The van der Waals surface area contributed by atoms with Crippen LogP contribution in [0.4, 0.5) is 0 Å². The molecule has 6 rings (SSSR count). The molecule has 0 saturated carbocycles. The van der Waals surface area contributed by atoms with E-state index >= 15 is 0 Å². The van der Waals surface area contributed by atoms with Crippen LogP contribution >= 0.6 is 11.3 Å². The molecule has 3 aromatic carbocycles. The molecule has 2 nitrogen and oxygen atoms in total. The third-order valence-electron chi connectivity index (χ3n) is 6.73. The van der Waals surface area contributed by atoms with E-state index in [2.05, 4.69) is 89.2 Å². The molecule has 0 fully saturated rings. The van der Waals surface area contributed by atoms with E-state index < -0.39 is 0 Å². The molecule has 34 heavy (non-hydrogen) atoms. The van der Waals surface area contributed by atoms with Crippen molar-refractivity contribution >= 4 is 43.4 Å². The van der Waals surface area contributed by atoms with E-state index in [1.807, 2.05) is 29.7 Å². The molecule has 0 bridgehead atoms. The van der Waals surface area contributed by atoms with Crippen LogP contribution in [-0.2, 0) is 5.41 Å². The van der Waals surface area contributed by atoms with Crippen molar-refractivity contribution in [3.05, 3.63) is 89.6 Å². The first kappa shape index (κ1) is 21.1. The fourth-order valence-electron chi connectivity index (χ4n) is 4.95. The second kappa shape index (κ2) is 7.54. The number of rotatable bonds is 2. The van der Waals surface area contributed by atoms with Crippen LogP contribution in [0.15, 0.2) is 77.3 Å². The number of furan rings is 1. The van der Waals surface area contributed by atoms with Gasteiger partial charge in [0, 0.05) is 27.4 Å². The fraction of sp³-hybridized carbons (Fsp3) is 0.194. The fourth-order valence-corrected chi connectivity index (χ4v) is 6.14. The lowest BCUT2D eigenvalue weighted by atomic mass is 9.83. The van der Waals surface area contributed by atoms with Crippen LogP contribution in [0.1, 0.15) is 37.5 Å². The third kappa shape index (κ3) is 3.35. The lowest BCUT2D eigenvalue weighted by Gasteiger charge is -2.22. The molecule has 3 aromatic heterocycles. The summed E-state index contributed by atoms with van der Waals surface area (Å²) in [5.41, 5.74) is 9.32. The maximum atomic E-state index is 6.26. The molecule has 0 atom stereocenters. The Bertz CT molecular complexity index is 1690. The number of thiophene rings is 1. The van der Waals surface area contributed by atoms with Gasteiger partial charge in [-0.3, -0.25) is 4.98 Å². The number of hydrogen-bond acceptors (Lipinski definition) is 3. The van der Waals surface area contributed by atoms with Crippen molar-refractivity contribution in [1.29, 1.82) is 0 Å². The molecule has 0 radical (unpaired) electrons. The predicted octanol–water partition coefficient (Wildman–Crippen LogP) is 9.44.